The van der Waals surface area contributed by atoms with Crippen LogP contribution in [-0.2, 0) is 33.4 Å². The average Bonchev–Trinajstić information content (AvgIpc) is 2.42. The lowest BCUT2D eigenvalue weighted by Crippen LogP contribution is -2.33. The normalized spacial score (nSPS) is 9.70. The van der Waals surface area contributed by atoms with Crippen molar-refractivity contribution in [2.24, 2.45) is 0 Å². The molecule has 23 heavy (non-hydrogen) atoms. The van der Waals surface area contributed by atoms with Gasteiger partial charge >= 0.3 is 16.4 Å². The quantitative estimate of drug-likeness (QED) is 0.433. The minimum absolute atomic E-state index is 0.0335. The summed E-state index contributed by atoms with van der Waals surface area (Å²) in [5, 5.41) is 7.89. The van der Waals surface area contributed by atoms with Crippen molar-refractivity contribution >= 4 is 28.2 Å². The van der Waals surface area contributed by atoms with Crippen molar-refractivity contribution in [1.82, 2.24) is 11.0 Å². The summed E-state index contributed by atoms with van der Waals surface area (Å²) in [6.07, 6.45) is 0. The molecule has 0 saturated carbocycles. The lowest BCUT2D eigenvalue weighted by Gasteiger charge is -2.06. The zero-order valence-electron chi connectivity index (χ0n) is 12.8. The smallest absolute Gasteiger partial charge is 0.442 e. The minimum Gasteiger partial charge on any atom is -0.478 e. The summed E-state index contributed by atoms with van der Waals surface area (Å²) >= 11 is 0. The van der Waals surface area contributed by atoms with Gasteiger partial charge in [0.25, 0.3) is 11.8 Å². The summed E-state index contributed by atoms with van der Waals surface area (Å²) < 4.78 is 29.8. The number of aliphatic carboxylic acids is 1. The van der Waals surface area contributed by atoms with Crippen LogP contribution < -0.4 is 11.0 Å². The maximum Gasteiger partial charge on any atom is 0.442 e. The van der Waals surface area contributed by atoms with Crippen molar-refractivity contribution in [3.63, 3.8) is 0 Å². The van der Waals surface area contributed by atoms with Crippen molar-refractivity contribution in [2.45, 2.75) is 20.8 Å². The monoisotopic (exact) mass is 350 g/mol. The van der Waals surface area contributed by atoms with E-state index in [0.717, 1.165) is 0 Å². The number of hydrogen-bond acceptors (Lipinski definition) is 7. The van der Waals surface area contributed by atoms with Crippen LogP contribution in [0.3, 0.4) is 0 Å². The summed E-state index contributed by atoms with van der Waals surface area (Å²) in [6, 6.07) is 0. The van der Waals surface area contributed by atoms with Gasteiger partial charge in [0.1, 0.15) is 0 Å². The van der Waals surface area contributed by atoms with Gasteiger partial charge in [-0.2, -0.15) is 8.42 Å². The van der Waals surface area contributed by atoms with E-state index < -0.39 is 28.2 Å². The van der Waals surface area contributed by atoms with Crippen molar-refractivity contribution < 1.29 is 36.5 Å². The molecule has 0 rings (SSSR count). The summed E-state index contributed by atoms with van der Waals surface area (Å²) in [6.45, 7) is 13.8. The highest BCUT2D eigenvalue weighted by Crippen LogP contribution is 1.94. The van der Waals surface area contributed by atoms with Crippen LogP contribution >= 0.6 is 0 Å². The summed E-state index contributed by atoms with van der Waals surface area (Å²) in [7, 11) is -4.58. The third-order valence-electron chi connectivity index (χ3n) is 1.61. The van der Waals surface area contributed by atoms with E-state index >= 15 is 0 Å². The number of hydrogen-bond donors (Lipinski definition) is 3. The van der Waals surface area contributed by atoms with Crippen LogP contribution in [0.2, 0.25) is 0 Å². The molecular formula is C12H18N2O8S. The van der Waals surface area contributed by atoms with Crippen LogP contribution in [0.25, 0.3) is 0 Å². The molecule has 0 bridgehead atoms. The van der Waals surface area contributed by atoms with Crippen LogP contribution in [0, 0.1) is 0 Å². The summed E-state index contributed by atoms with van der Waals surface area (Å²) in [4.78, 5) is 31.4. The first-order valence-corrected chi connectivity index (χ1v) is 7.05. The van der Waals surface area contributed by atoms with Gasteiger partial charge in [-0.15, -0.1) is 8.57 Å². The SMILES string of the molecule is C=C(C)C(=O)NOS(=O)(=O)ONC(=O)C(=C)C.C=C(C)C(=O)O. The third kappa shape index (κ3) is 12.9. The minimum atomic E-state index is -4.58. The topological polar surface area (TPSA) is 148 Å². The molecule has 0 aliphatic rings. The Morgan fingerprint density at radius 2 is 1.09 bits per heavy atom. The van der Waals surface area contributed by atoms with Gasteiger partial charge < -0.3 is 5.11 Å². The van der Waals surface area contributed by atoms with E-state index in [2.05, 4.69) is 28.3 Å². The van der Waals surface area contributed by atoms with Crippen LogP contribution in [0.15, 0.2) is 36.5 Å². The summed E-state index contributed by atoms with van der Waals surface area (Å²) in [5.74, 6) is -2.62. The van der Waals surface area contributed by atoms with Crippen molar-refractivity contribution in [1.29, 1.82) is 0 Å². The van der Waals surface area contributed by atoms with E-state index in [1.807, 2.05) is 0 Å². The predicted molar refractivity (Wildman–Crippen MR) is 79.5 cm³/mol. The van der Waals surface area contributed by atoms with E-state index in [4.69, 9.17) is 5.11 Å². The van der Waals surface area contributed by atoms with E-state index in [1.54, 1.807) is 11.0 Å². The second-order valence-electron chi connectivity index (χ2n) is 4.08. The van der Waals surface area contributed by atoms with Gasteiger partial charge in [-0.3, -0.25) is 9.59 Å². The van der Waals surface area contributed by atoms with Crippen molar-refractivity contribution in [3.8, 4) is 0 Å². The lowest BCUT2D eigenvalue weighted by atomic mass is 10.3. The number of carboxylic acid groups (broad SMARTS) is 1. The molecule has 11 heteroatoms. The van der Waals surface area contributed by atoms with Gasteiger partial charge in [0, 0.05) is 16.7 Å². The molecule has 0 aromatic carbocycles. The van der Waals surface area contributed by atoms with E-state index in [1.165, 1.54) is 20.8 Å². The van der Waals surface area contributed by atoms with Gasteiger partial charge in [0.05, 0.1) is 0 Å². The maximum absolute atomic E-state index is 11.0. The molecule has 0 spiro atoms. The van der Waals surface area contributed by atoms with E-state index in [-0.39, 0.29) is 16.7 Å². The molecule has 0 aromatic heterocycles. The molecule has 0 aliphatic heterocycles. The zero-order valence-corrected chi connectivity index (χ0v) is 13.7. The van der Waals surface area contributed by atoms with Gasteiger partial charge in [0.2, 0.25) is 0 Å². The Hall–Kier alpha value is -2.50. The number of nitrogens with one attached hydrogen (secondary N) is 2. The number of carboxylic acids is 1. The molecule has 3 N–H and O–H groups in total. The zero-order chi connectivity index (χ0) is 18.8. The molecule has 0 fully saturated rings. The molecule has 0 aromatic rings. The molecule has 130 valence electrons. The maximum atomic E-state index is 11.0. The second-order valence-corrected chi connectivity index (χ2v) is 5.23. The van der Waals surface area contributed by atoms with E-state index in [0.29, 0.717) is 0 Å². The van der Waals surface area contributed by atoms with Gasteiger partial charge in [-0.25, -0.2) is 15.8 Å². The van der Waals surface area contributed by atoms with Crippen molar-refractivity contribution in [2.75, 3.05) is 0 Å². The molecule has 0 radical (unpaired) electrons. The van der Waals surface area contributed by atoms with Crippen LogP contribution in [0.5, 0.6) is 0 Å². The molecule has 0 saturated heterocycles. The molecular weight excluding hydrogens is 332 g/mol. The molecule has 0 atom stereocenters. The first kappa shape index (κ1) is 22.8. The van der Waals surface area contributed by atoms with Gasteiger partial charge in [0.15, 0.2) is 0 Å². The fourth-order valence-electron chi connectivity index (χ4n) is 0.369. The average molecular weight is 350 g/mol. The fourth-order valence-corrected chi connectivity index (χ4v) is 0.759. The first-order chi connectivity index (χ1) is 10.3. The third-order valence-corrected chi connectivity index (χ3v) is 2.19. The first-order valence-electron chi connectivity index (χ1n) is 5.72. The lowest BCUT2D eigenvalue weighted by molar-refractivity contribution is -0.132. The Bertz CT molecular complexity index is 573. The Morgan fingerprint density at radius 1 is 0.826 bits per heavy atom. The Balaban J connectivity index is 0. The Kier molecular flexibility index (Phi) is 10.2. The molecule has 0 unspecified atom stereocenters. The Labute approximate surface area is 133 Å². The number of amides is 2. The Morgan fingerprint density at radius 3 is 1.26 bits per heavy atom. The van der Waals surface area contributed by atoms with Gasteiger partial charge in [-0.05, 0) is 20.8 Å². The fraction of sp³-hybridized carbons (Fsp3) is 0.250. The summed E-state index contributed by atoms with van der Waals surface area (Å²) in [5.41, 5.74) is 3.34. The van der Waals surface area contributed by atoms with Crippen LogP contribution in [0.4, 0.5) is 0 Å². The predicted octanol–water partition coefficient (Wildman–Crippen LogP) is 0.126. The molecule has 2 amide bonds. The largest absolute Gasteiger partial charge is 0.478 e. The number of rotatable bonds is 7. The van der Waals surface area contributed by atoms with Crippen LogP contribution in [-0.4, -0.2) is 31.3 Å². The highest BCUT2D eigenvalue weighted by Gasteiger charge is 2.17. The highest BCUT2D eigenvalue weighted by atomic mass is 32.3. The highest BCUT2D eigenvalue weighted by molar-refractivity contribution is 7.81. The van der Waals surface area contributed by atoms with E-state index in [9.17, 15) is 22.8 Å². The molecule has 0 heterocycles. The van der Waals surface area contributed by atoms with Gasteiger partial charge in [-0.1, -0.05) is 19.7 Å². The number of carbonyl (C=O) groups is 3. The second kappa shape index (κ2) is 10.3. The number of hydroxylamine groups is 2. The van der Waals surface area contributed by atoms with Crippen LogP contribution in [0.1, 0.15) is 20.8 Å². The standard InChI is InChI=1S/C8H12N2O6S.C4H6O2/c1-5(2)7(11)9-15-17(13,14)16-10-8(12)6(3)4;1-3(2)4(5)6/h1,3H2,2,4H3,(H,9,11)(H,10,12);1H2,2H3,(H,5,6). The molecule has 10 nitrogen and oxygen atoms in total. The number of carbonyl (C=O) groups excluding carboxylic acids is 2. The molecule has 0 aliphatic carbocycles. The van der Waals surface area contributed by atoms with Crippen molar-refractivity contribution in [3.05, 3.63) is 36.5 Å².